The van der Waals surface area contributed by atoms with Crippen LogP contribution in [0.1, 0.15) is 84.5 Å². The molecule has 0 saturated heterocycles. The summed E-state index contributed by atoms with van der Waals surface area (Å²) in [6.07, 6.45) is 27.0. The fraction of sp³-hybridized carbons (Fsp3) is 0.615. The zero-order valence-electron chi connectivity index (χ0n) is 20.0. The molecule has 0 aromatic heterocycles. The van der Waals surface area contributed by atoms with Crippen molar-refractivity contribution in [2.45, 2.75) is 90.8 Å². The van der Waals surface area contributed by atoms with Crippen LogP contribution in [-0.2, 0) is 14.3 Å². The molecule has 1 unspecified atom stereocenters. The molecular weight excluding hydrogens is 422 g/mol. The number of rotatable bonds is 19. The summed E-state index contributed by atoms with van der Waals surface area (Å²) >= 11 is 3.98. The third kappa shape index (κ3) is 22.7. The summed E-state index contributed by atoms with van der Waals surface area (Å²) in [4.78, 5) is 23.1. The second-order valence-electron chi connectivity index (χ2n) is 7.45. The highest BCUT2D eigenvalue weighted by Gasteiger charge is 2.13. The molecule has 0 aliphatic rings. The third-order valence-electron chi connectivity index (χ3n) is 4.41. The average Bonchev–Trinajstić information content (AvgIpc) is 2.76. The van der Waals surface area contributed by atoms with Gasteiger partial charge in [0.25, 0.3) is 0 Å². The number of alkyl carbamates (subject to hydrolysis) is 1. The summed E-state index contributed by atoms with van der Waals surface area (Å²) in [6, 6.07) is 0. The zero-order chi connectivity index (χ0) is 23.7. The highest BCUT2D eigenvalue weighted by atomic mass is 32.1. The van der Waals surface area contributed by atoms with Gasteiger partial charge in [-0.1, -0.05) is 68.4 Å². The van der Waals surface area contributed by atoms with E-state index in [9.17, 15) is 9.59 Å². The van der Waals surface area contributed by atoms with E-state index in [0.29, 0.717) is 18.7 Å². The van der Waals surface area contributed by atoms with E-state index in [-0.39, 0.29) is 5.97 Å². The maximum atomic E-state index is 11.7. The molecule has 0 aromatic carbocycles. The Kier molecular flexibility index (Phi) is 22.3. The van der Waals surface area contributed by atoms with Gasteiger partial charge in [0.05, 0.1) is 0 Å². The van der Waals surface area contributed by atoms with Gasteiger partial charge in [-0.15, -0.1) is 0 Å². The summed E-state index contributed by atoms with van der Waals surface area (Å²) < 4.78 is 9.97. The van der Waals surface area contributed by atoms with Crippen molar-refractivity contribution < 1.29 is 19.1 Å². The summed E-state index contributed by atoms with van der Waals surface area (Å²) in [7, 11) is 0. The lowest BCUT2D eigenvalue weighted by Gasteiger charge is -2.14. The third-order valence-corrected chi connectivity index (χ3v) is 4.63. The summed E-state index contributed by atoms with van der Waals surface area (Å²) in [6.45, 7) is 4.16. The fourth-order valence-electron chi connectivity index (χ4n) is 2.71. The molecule has 32 heavy (non-hydrogen) atoms. The molecule has 5 nitrogen and oxygen atoms in total. The lowest BCUT2D eigenvalue weighted by atomic mass is 10.2. The topological polar surface area (TPSA) is 64.6 Å². The van der Waals surface area contributed by atoms with Crippen molar-refractivity contribution in [1.29, 1.82) is 0 Å². The fourth-order valence-corrected chi connectivity index (χ4v) is 2.82. The van der Waals surface area contributed by atoms with Crippen LogP contribution >= 0.6 is 12.6 Å². The van der Waals surface area contributed by atoms with Crippen LogP contribution in [-0.4, -0.2) is 30.7 Å². The van der Waals surface area contributed by atoms with Gasteiger partial charge < -0.3 is 14.8 Å². The first-order chi connectivity index (χ1) is 15.6. The van der Waals surface area contributed by atoms with Gasteiger partial charge in [0.15, 0.2) is 0 Å². The largest absolute Gasteiger partial charge is 0.425 e. The molecule has 0 aliphatic heterocycles. The van der Waals surface area contributed by atoms with Crippen molar-refractivity contribution in [1.82, 2.24) is 5.32 Å². The minimum Gasteiger partial charge on any atom is -0.425 e. The summed E-state index contributed by atoms with van der Waals surface area (Å²) in [5.74, 6) is 0.161. The van der Waals surface area contributed by atoms with Gasteiger partial charge in [0, 0.05) is 25.6 Å². The Bertz CT molecular complexity index is 584. The van der Waals surface area contributed by atoms with E-state index in [0.717, 1.165) is 38.5 Å². The van der Waals surface area contributed by atoms with Crippen LogP contribution in [0.5, 0.6) is 0 Å². The minimum absolute atomic E-state index is 0.319. The number of esters is 1. The smallest absolute Gasteiger partial charge is 0.410 e. The first-order valence-electron chi connectivity index (χ1n) is 11.9. The number of amides is 1. The molecule has 0 aliphatic carbocycles. The van der Waals surface area contributed by atoms with E-state index in [4.69, 9.17) is 9.47 Å². The van der Waals surface area contributed by atoms with Crippen LogP contribution in [0.15, 0.2) is 48.6 Å². The monoisotopic (exact) mass is 465 g/mol. The molecule has 0 saturated carbocycles. The van der Waals surface area contributed by atoms with E-state index in [2.05, 4.69) is 73.5 Å². The van der Waals surface area contributed by atoms with Gasteiger partial charge in [-0.2, -0.15) is 12.6 Å². The molecule has 1 atom stereocenters. The number of allylic oxidation sites excluding steroid dienone is 8. The zero-order valence-corrected chi connectivity index (χ0v) is 20.9. The number of unbranched alkanes of at least 4 members (excludes halogenated alkanes) is 5. The van der Waals surface area contributed by atoms with Gasteiger partial charge in [0.2, 0.25) is 6.29 Å². The molecular formula is C26H43NO4S. The number of carbonyl (C=O) groups excluding carboxylic acids is 2. The van der Waals surface area contributed by atoms with Crippen LogP contribution in [0, 0.1) is 0 Å². The second kappa shape index (κ2) is 23.7. The number of hydrogen-bond donors (Lipinski definition) is 2. The Labute approximate surface area is 200 Å². The van der Waals surface area contributed by atoms with Gasteiger partial charge in [-0.25, -0.2) is 4.79 Å². The number of carbonyl (C=O) groups is 2. The van der Waals surface area contributed by atoms with E-state index in [1.54, 1.807) is 0 Å². The van der Waals surface area contributed by atoms with Crippen molar-refractivity contribution >= 4 is 24.7 Å². The molecule has 0 rings (SSSR count). The van der Waals surface area contributed by atoms with Crippen molar-refractivity contribution in [2.75, 3.05) is 12.3 Å². The van der Waals surface area contributed by atoms with E-state index < -0.39 is 12.4 Å². The molecule has 0 spiro atoms. The van der Waals surface area contributed by atoms with Crippen molar-refractivity contribution in [3.8, 4) is 0 Å². The number of nitrogens with one attached hydrogen (secondary N) is 1. The minimum atomic E-state index is -0.893. The maximum Gasteiger partial charge on any atom is 0.410 e. The lowest BCUT2D eigenvalue weighted by Crippen LogP contribution is -2.31. The quantitative estimate of drug-likeness (QED) is 0.0704. The molecule has 182 valence electrons. The van der Waals surface area contributed by atoms with Gasteiger partial charge in [0.1, 0.15) is 0 Å². The van der Waals surface area contributed by atoms with Crippen LogP contribution < -0.4 is 5.32 Å². The molecule has 1 amide bonds. The Morgan fingerprint density at radius 2 is 1.34 bits per heavy atom. The van der Waals surface area contributed by atoms with Gasteiger partial charge in [-0.3, -0.25) is 4.79 Å². The first kappa shape index (κ1) is 30.0. The number of hydrogen-bond acceptors (Lipinski definition) is 5. The number of thiol groups is 1. The second-order valence-corrected chi connectivity index (χ2v) is 7.89. The van der Waals surface area contributed by atoms with Crippen LogP contribution in [0.3, 0.4) is 0 Å². The summed E-state index contributed by atoms with van der Waals surface area (Å²) in [5, 5.41) is 2.49. The van der Waals surface area contributed by atoms with Crippen molar-refractivity contribution in [2.24, 2.45) is 0 Å². The molecule has 0 aromatic rings. The van der Waals surface area contributed by atoms with Crippen LogP contribution in [0.25, 0.3) is 0 Å². The average molecular weight is 466 g/mol. The Morgan fingerprint density at radius 1 is 0.812 bits per heavy atom. The van der Waals surface area contributed by atoms with Crippen LogP contribution in [0.2, 0.25) is 0 Å². The molecule has 0 fully saturated rings. The standard InChI is InChI=1S/C26H43NO4S/c1-3-4-5-6-7-8-9-10-11-12-13-14-15-16-17-18-19-20-21-25(28)30-24(2)31-26(29)27-22-23-32/h7-8,10-11,13-14,16-17,24,32H,3-6,9,12,15,18-23H2,1-2H3,(H,27,29). The van der Waals surface area contributed by atoms with E-state index in [1.807, 2.05) is 0 Å². The predicted molar refractivity (Wildman–Crippen MR) is 137 cm³/mol. The Balaban J connectivity index is 3.60. The van der Waals surface area contributed by atoms with Crippen molar-refractivity contribution in [3.63, 3.8) is 0 Å². The Morgan fingerprint density at radius 3 is 1.88 bits per heavy atom. The summed E-state index contributed by atoms with van der Waals surface area (Å²) in [5.41, 5.74) is 0. The normalized spacial score (nSPS) is 12.8. The number of ether oxygens (including phenoxy) is 2. The molecule has 1 N–H and O–H groups in total. The highest BCUT2D eigenvalue weighted by molar-refractivity contribution is 7.80. The SMILES string of the molecule is CCCCCC=CCC=CCC=CCC=CCCCCC(=O)OC(C)OC(=O)NCCS. The Hall–Kier alpha value is -1.95. The molecule has 0 bridgehead atoms. The van der Waals surface area contributed by atoms with Gasteiger partial charge >= 0.3 is 12.1 Å². The molecule has 0 radical (unpaired) electrons. The first-order valence-corrected chi connectivity index (χ1v) is 12.6. The maximum absolute atomic E-state index is 11.7. The molecule has 6 heteroatoms. The van der Waals surface area contributed by atoms with E-state index in [1.165, 1.54) is 32.6 Å². The lowest BCUT2D eigenvalue weighted by molar-refractivity contribution is -0.164. The van der Waals surface area contributed by atoms with Crippen LogP contribution in [0.4, 0.5) is 4.79 Å². The van der Waals surface area contributed by atoms with Gasteiger partial charge in [-0.05, 0) is 51.4 Å². The predicted octanol–water partition coefficient (Wildman–Crippen LogP) is 7.07. The van der Waals surface area contributed by atoms with Crippen molar-refractivity contribution in [3.05, 3.63) is 48.6 Å². The molecule has 0 heterocycles. The highest BCUT2D eigenvalue weighted by Crippen LogP contribution is 2.05. The van der Waals surface area contributed by atoms with E-state index >= 15 is 0 Å².